The van der Waals surface area contributed by atoms with Crippen LogP contribution in [0.5, 0.6) is 0 Å². The van der Waals surface area contributed by atoms with E-state index in [0.29, 0.717) is 46.8 Å². The van der Waals surface area contributed by atoms with Gasteiger partial charge in [-0.05, 0) is 98.9 Å². The molecule has 0 spiro atoms. The van der Waals surface area contributed by atoms with Crippen molar-refractivity contribution in [2.45, 2.75) is 86.5 Å². The van der Waals surface area contributed by atoms with Gasteiger partial charge in [0.15, 0.2) is 0 Å². The minimum Gasteiger partial charge on any atom is -0.358 e. The number of carbonyl (C=O) groups is 4. The molecule has 2 aliphatic rings. The lowest BCUT2D eigenvalue weighted by Gasteiger charge is -2.09. The molecule has 55 heavy (non-hydrogen) atoms. The third-order valence-corrected chi connectivity index (χ3v) is 11.4. The van der Waals surface area contributed by atoms with E-state index in [2.05, 4.69) is 31.2 Å². The smallest absolute Gasteiger partial charge is 0.266 e. The Morgan fingerprint density at radius 3 is 1.51 bits per heavy atom. The van der Waals surface area contributed by atoms with Crippen molar-refractivity contribution >= 4 is 56.0 Å². The summed E-state index contributed by atoms with van der Waals surface area (Å²) in [5.74, 6) is -2.41. The van der Waals surface area contributed by atoms with Crippen molar-refractivity contribution in [2.75, 3.05) is 24.6 Å². The Morgan fingerprint density at radius 1 is 0.655 bits per heavy atom. The third kappa shape index (κ3) is 11.1. The second kappa shape index (κ2) is 17.8. The van der Waals surface area contributed by atoms with Crippen LogP contribution >= 0.6 is 0 Å². The molecule has 0 aromatic carbocycles. The number of H-pyrrole nitrogens is 2. The van der Waals surface area contributed by atoms with Crippen molar-refractivity contribution in [3.8, 4) is 0 Å². The molecule has 0 saturated carbocycles. The Bertz CT molecular complexity index is 2240. The van der Waals surface area contributed by atoms with E-state index in [1.54, 1.807) is 6.92 Å². The first-order chi connectivity index (χ1) is 25.7. The number of nitrogens with one attached hydrogen (secondary N) is 6. The number of hydrogen-bond acceptors (Lipinski definition) is 8. The van der Waals surface area contributed by atoms with Crippen molar-refractivity contribution in [3.05, 3.63) is 78.7 Å². The van der Waals surface area contributed by atoms with E-state index in [-0.39, 0.29) is 57.0 Å². The summed E-state index contributed by atoms with van der Waals surface area (Å²) in [6, 6.07) is 0. The standard InChI is InChI=1S/C37H50N6O10S2/c1-7-24-23(6)36(46)43-31(24)18-29-22(5)27(10-12-35(45)39-14-16-55(51,52)53)33(41-29)19-32-26(9-11-34(44)38-13-15-54(48,49)50)21(4)28(40-32)17-30-20(3)25(8-2)37(47)42-30/h17-18,40-41H,7-16,19H2,1-6H3,(H,38,44)(H,39,45)(H,42,47)(H,43,46)(H,48,49,50)(H,51,52,53)/b30-17+,31-18+. The van der Waals surface area contributed by atoms with E-state index >= 15 is 0 Å². The van der Waals surface area contributed by atoms with Gasteiger partial charge in [0.05, 0.1) is 11.5 Å². The summed E-state index contributed by atoms with van der Waals surface area (Å²) in [6.07, 6.45) is 5.72. The van der Waals surface area contributed by atoms with Gasteiger partial charge in [0, 0.05) is 77.7 Å². The van der Waals surface area contributed by atoms with Crippen LogP contribution in [-0.4, -0.2) is 84.1 Å². The van der Waals surface area contributed by atoms with Gasteiger partial charge in [-0.15, -0.1) is 0 Å². The Hall–Kier alpha value is -4.78. The van der Waals surface area contributed by atoms with Crippen LogP contribution in [0.15, 0.2) is 33.7 Å². The molecule has 0 radical (unpaired) electrons. The van der Waals surface area contributed by atoms with Crippen molar-refractivity contribution in [2.24, 2.45) is 0 Å². The summed E-state index contributed by atoms with van der Waals surface area (Å²) in [5, 5.41) is 10.9. The summed E-state index contributed by atoms with van der Waals surface area (Å²) in [7, 11) is -8.50. The molecule has 300 valence electrons. The molecule has 4 rings (SSSR count). The molecule has 2 aromatic heterocycles. The maximum atomic E-state index is 12.8. The van der Waals surface area contributed by atoms with Gasteiger partial charge >= 0.3 is 0 Å². The summed E-state index contributed by atoms with van der Waals surface area (Å²) in [5.41, 5.74) is 10.5. The molecule has 2 aromatic rings. The molecule has 0 bridgehead atoms. The zero-order valence-electron chi connectivity index (χ0n) is 31.9. The first kappa shape index (κ1) is 43.0. The van der Waals surface area contributed by atoms with Gasteiger partial charge in [0.2, 0.25) is 11.8 Å². The average Bonchev–Trinajstić information content (AvgIpc) is 3.73. The highest BCUT2D eigenvalue weighted by molar-refractivity contribution is 7.86. The van der Waals surface area contributed by atoms with Gasteiger partial charge in [-0.25, -0.2) is 0 Å². The summed E-state index contributed by atoms with van der Waals surface area (Å²) < 4.78 is 62.7. The first-order valence-corrected chi connectivity index (χ1v) is 21.2. The lowest BCUT2D eigenvalue weighted by molar-refractivity contribution is -0.121. The predicted octanol–water partition coefficient (Wildman–Crippen LogP) is 2.82. The van der Waals surface area contributed by atoms with Crippen LogP contribution in [0, 0.1) is 13.8 Å². The number of aromatic amines is 2. The number of hydrogen-bond donors (Lipinski definition) is 8. The van der Waals surface area contributed by atoms with E-state index < -0.39 is 43.6 Å². The molecular weight excluding hydrogens is 753 g/mol. The highest BCUT2D eigenvalue weighted by Gasteiger charge is 2.26. The van der Waals surface area contributed by atoms with Crippen LogP contribution in [0.2, 0.25) is 0 Å². The van der Waals surface area contributed by atoms with Gasteiger partial charge in [-0.3, -0.25) is 28.3 Å². The van der Waals surface area contributed by atoms with Gasteiger partial charge in [0.1, 0.15) is 0 Å². The highest BCUT2D eigenvalue weighted by atomic mass is 32.2. The molecule has 0 atom stereocenters. The van der Waals surface area contributed by atoms with Crippen molar-refractivity contribution in [1.82, 2.24) is 31.2 Å². The second-order valence-electron chi connectivity index (χ2n) is 13.6. The first-order valence-electron chi connectivity index (χ1n) is 18.0. The van der Waals surface area contributed by atoms with Gasteiger partial charge < -0.3 is 31.2 Å². The SMILES string of the molecule is CCC1=C(C)/C(=C\c2[nH]c(Cc3[nH]c(/C=C4/NC(=O)C(C)=C4CC)c(C)c3CCC(=O)NCCS(=O)(=O)O)c(CCC(=O)NCCS(=O)(=O)O)c2C)NC1=O. The molecule has 0 aliphatic carbocycles. The highest BCUT2D eigenvalue weighted by Crippen LogP contribution is 2.32. The maximum absolute atomic E-state index is 12.8. The predicted molar refractivity (Wildman–Crippen MR) is 208 cm³/mol. The third-order valence-electron chi connectivity index (χ3n) is 9.97. The zero-order chi connectivity index (χ0) is 40.8. The topological polar surface area (TPSA) is 257 Å². The molecule has 4 amide bonds. The monoisotopic (exact) mass is 802 g/mol. The zero-order valence-corrected chi connectivity index (χ0v) is 33.5. The minimum absolute atomic E-state index is 0.00565. The number of amides is 4. The average molecular weight is 803 g/mol. The lowest BCUT2D eigenvalue weighted by Crippen LogP contribution is -2.29. The minimum atomic E-state index is -4.25. The van der Waals surface area contributed by atoms with Gasteiger partial charge in [-0.1, -0.05) is 13.8 Å². The fourth-order valence-electron chi connectivity index (χ4n) is 6.87. The largest absolute Gasteiger partial charge is 0.358 e. The van der Waals surface area contributed by atoms with Crippen molar-refractivity contribution in [1.29, 1.82) is 0 Å². The van der Waals surface area contributed by atoms with Gasteiger partial charge in [-0.2, -0.15) is 16.8 Å². The quantitative estimate of drug-likeness (QED) is 0.102. The number of rotatable bonds is 18. The van der Waals surface area contributed by atoms with Crippen LogP contribution in [0.4, 0.5) is 0 Å². The van der Waals surface area contributed by atoms with E-state index in [1.807, 2.05) is 46.8 Å². The lowest BCUT2D eigenvalue weighted by atomic mass is 9.98. The van der Waals surface area contributed by atoms with Crippen molar-refractivity contribution in [3.63, 3.8) is 0 Å². The number of aromatic nitrogens is 2. The molecule has 4 heterocycles. The normalized spacial score (nSPS) is 16.4. The van der Waals surface area contributed by atoms with E-state index in [0.717, 1.165) is 44.8 Å². The Morgan fingerprint density at radius 2 is 1.09 bits per heavy atom. The molecule has 0 fully saturated rings. The van der Waals surface area contributed by atoms with Crippen molar-refractivity contribution < 1.29 is 45.1 Å². The Balaban J connectivity index is 1.74. The van der Waals surface area contributed by atoms with Crippen LogP contribution < -0.4 is 21.3 Å². The molecule has 2 aliphatic heterocycles. The number of allylic oxidation sites excluding steroid dienone is 2. The second-order valence-corrected chi connectivity index (χ2v) is 16.8. The molecule has 0 unspecified atom stereocenters. The van der Waals surface area contributed by atoms with Gasteiger partial charge in [0.25, 0.3) is 32.1 Å². The summed E-state index contributed by atoms with van der Waals surface area (Å²) >= 11 is 0. The number of carbonyl (C=O) groups excluding carboxylic acids is 4. The van der Waals surface area contributed by atoms with Crippen LogP contribution in [0.3, 0.4) is 0 Å². The Kier molecular flexibility index (Phi) is 13.9. The fourth-order valence-corrected chi connectivity index (χ4v) is 7.59. The van der Waals surface area contributed by atoms with Crippen LogP contribution in [0.1, 0.15) is 98.4 Å². The summed E-state index contributed by atoms with van der Waals surface area (Å²) in [6.45, 7) is 10.8. The molecule has 18 heteroatoms. The molecule has 0 saturated heterocycles. The fraction of sp³-hybridized carbons (Fsp3) is 0.459. The molecule has 16 nitrogen and oxygen atoms in total. The van der Waals surface area contributed by atoms with E-state index in [1.165, 1.54) is 0 Å². The molecular formula is C37H50N6O10S2. The van der Waals surface area contributed by atoms with E-state index in [4.69, 9.17) is 9.11 Å². The van der Waals surface area contributed by atoms with E-state index in [9.17, 15) is 36.0 Å². The van der Waals surface area contributed by atoms with Crippen LogP contribution in [0.25, 0.3) is 12.2 Å². The summed E-state index contributed by atoms with van der Waals surface area (Å²) in [4.78, 5) is 57.7. The molecule has 8 N–H and O–H groups in total. The van der Waals surface area contributed by atoms with Crippen LogP contribution in [-0.2, 0) is 58.7 Å². The Labute approximate surface area is 321 Å². The maximum Gasteiger partial charge on any atom is 0.266 e.